The highest BCUT2D eigenvalue weighted by Crippen LogP contribution is 2.47. The van der Waals surface area contributed by atoms with E-state index in [1.807, 2.05) is 0 Å². The summed E-state index contributed by atoms with van der Waals surface area (Å²) in [5.74, 6) is 0.284. The molecular formula is C38H50N4O9. The fourth-order valence-electron chi connectivity index (χ4n) is 5.48. The minimum Gasteiger partial charge on any atom is -0.477 e. The number of nitrogens with zero attached hydrogens (tertiary/aromatic N) is 4. The Morgan fingerprint density at radius 3 is 1.94 bits per heavy atom. The predicted octanol–water partition coefficient (Wildman–Crippen LogP) is 8.62. The van der Waals surface area contributed by atoms with Gasteiger partial charge in [0.1, 0.15) is 34.2 Å². The molecule has 2 aromatic heterocycles. The number of imide groups is 1. The Morgan fingerprint density at radius 1 is 0.882 bits per heavy atom. The highest BCUT2D eigenvalue weighted by Gasteiger charge is 2.44. The number of nitriles is 1. The SMILES string of the molecule is COCC1(COc2nc3c(cc2C)c(C#N)c(N(C(=O)OC(C)(C)C)C(=O)OC(C)(C)C)n3-c2c(C)ccc(OC(=O)OC(C)(C)C)c2C)CC1. The number of rotatable bonds is 8. The van der Waals surface area contributed by atoms with E-state index in [4.69, 9.17) is 33.4 Å². The number of aromatic nitrogens is 2. The lowest BCUT2D eigenvalue weighted by molar-refractivity contribution is 0.0203. The van der Waals surface area contributed by atoms with Crippen molar-refractivity contribution in [2.75, 3.05) is 25.2 Å². The van der Waals surface area contributed by atoms with Crippen molar-refractivity contribution in [1.82, 2.24) is 9.55 Å². The van der Waals surface area contributed by atoms with E-state index in [-0.39, 0.29) is 28.2 Å². The molecule has 2 amide bonds. The molecule has 0 saturated heterocycles. The molecule has 0 spiro atoms. The van der Waals surface area contributed by atoms with Crippen molar-refractivity contribution in [2.24, 2.45) is 5.41 Å². The topological polar surface area (TPSA) is 151 Å². The smallest absolute Gasteiger partial charge is 0.477 e. The molecule has 0 radical (unpaired) electrons. The number of amides is 2. The lowest BCUT2D eigenvalue weighted by atomic mass is 10.1. The molecule has 0 unspecified atom stereocenters. The van der Waals surface area contributed by atoms with Gasteiger partial charge in [0.2, 0.25) is 5.88 Å². The summed E-state index contributed by atoms with van der Waals surface area (Å²) in [6, 6.07) is 7.27. The average Bonchev–Trinajstić information content (AvgIpc) is 3.66. The lowest BCUT2D eigenvalue weighted by Crippen LogP contribution is -2.45. The predicted molar refractivity (Wildman–Crippen MR) is 191 cm³/mol. The standard InChI is InChI=1S/C38H50N4O9/c1-22-14-15-27(48-34(45)51-37(10,11)12)24(3)28(22)41-29-25(18-23(2)30(40-29)47-21-38(16-17-38)20-46-13)26(19-39)31(41)42(32(43)49-35(4,5)6)33(44)50-36(7,8)9/h14-15,18H,16-17,20-21H2,1-13H3. The molecule has 1 aliphatic rings. The van der Waals surface area contributed by atoms with Crippen LogP contribution in [0.5, 0.6) is 11.6 Å². The number of hydrogen-bond acceptors (Lipinski definition) is 11. The number of anilines is 1. The Morgan fingerprint density at radius 2 is 1.45 bits per heavy atom. The molecule has 1 aromatic carbocycles. The number of carbonyl (C=O) groups is 3. The molecule has 1 saturated carbocycles. The number of hydrogen-bond donors (Lipinski definition) is 0. The molecular weight excluding hydrogens is 656 g/mol. The molecule has 51 heavy (non-hydrogen) atoms. The first-order valence-corrected chi connectivity index (χ1v) is 16.8. The van der Waals surface area contributed by atoms with Gasteiger partial charge in [0.15, 0.2) is 11.5 Å². The van der Waals surface area contributed by atoms with Gasteiger partial charge in [-0.05, 0) is 114 Å². The molecule has 0 atom stereocenters. The van der Waals surface area contributed by atoms with Crippen LogP contribution in [0, 0.1) is 37.5 Å². The molecule has 2 heterocycles. The minimum atomic E-state index is -1.07. The molecule has 1 aliphatic carbocycles. The van der Waals surface area contributed by atoms with Crippen molar-refractivity contribution in [2.45, 2.75) is 113 Å². The van der Waals surface area contributed by atoms with Gasteiger partial charge in [-0.1, -0.05) is 6.07 Å². The zero-order chi connectivity index (χ0) is 38.3. The van der Waals surface area contributed by atoms with Crippen LogP contribution < -0.4 is 14.4 Å². The van der Waals surface area contributed by atoms with Gasteiger partial charge < -0.3 is 28.4 Å². The lowest BCUT2D eigenvalue weighted by Gasteiger charge is -2.29. The van der Waals surface area contributed by atoms with Crippen molar-refractivity contribution in [3.05, 3.63) is 40.5 Å². The summed E-state index contributed by atoms with van der Waals surface area (Å²) in [5, 5.41) is 11.1. The summed E-state index contributed by atoms with van der Waals surface area (Å²) in [6.45, 7) is 21.4. The van der Waals surface area contributed by atoms with Crippen molar-refractivity contribution in [3.8, 4) is 23.4 Å². The zero-order valence-electron chi connectivity index (χ0n) is 32.0. The van der Waals surface area contributed by atoms with Crippen LogP contribution in [0.25, 0.3) is 16.7 Å². The molecule has 0 N–H and O–H groups in total. The summed E-state index contributed by atoms with van der Waals surface area (Å²) in [7, 11) is 1.65. The number of fused-ring (bicyclic) bond motifs is 1. The second-order valence-corrected chi connectivity index (χ2v) is 16.1. The number of carbonyl (C=O) groups excluding carboxylic acids is 3. The van der Waals surface area contributed by atoms with Crippen LogP contribution in [0.3, 0.4) is 0 Å². The Bertz CT molecular complexity index is 1850. The first-order valence-electron chi connectivity index (χ1n) is 16.8. The highest BCUT2D eigenvalue weighted by molar-refractivity contribution is 6.13. The van der Waals surface area contributed by atoms with E-state index < -0.39 is 35.1 Å². The van der Waals surface area contributed by atoms with Crippen LogP contribution in [0.15, 0.2) is 18.2 Å². The van der Waals surface area contributed by atoms with Crippen molar-refractivity contribution < 1.29 is 42.8 Å². The highest BCUT2D eigenvalue weighted by atomic mass is 16.7. The molecule has 4 rings (SSSR count). The summed E-state index contributed by atoms with van der Waals surface area (Å²) in [6.07, 6.45) is -1.17. The Kier molecular flexibility index (Phi) is 10.7. The van der Waals surface area contributed by atoms with E-state index in [1.54, 1.807) is 108 Å². The Labute approximate surface area is 299 Å². The fraction of sp³-hybridized carbons (Fsp3) is 0.553. The monoisotopic (exact) mass is 706 g/mol. The largest absolute Gasteiger partial charge is 0.514 e. The minimum absolute atomic E-state index is 0.0424. The third-order valence-corrected chi connectivity index (χ3v) is 7.85. The van der Waals surface area contributed by atoms with Gasteiger partial charge in [0.25, 0.3) is 0 Å². The Hall–Kier alpha value is -4.83. The van der Waals surface area contributed by atoms with Gasteiger partial charge in [-0.25, -0.2) is 14.4 Å². The van der Waals surface area contributed by atoms with Crippen molar-refractivity contribution >= 4 is 35.2 Å². The van der Waals surface area contributed by atoms with E-state index in [0.717, 1.165) is 12.8 Å². The summed E-state index contributed by atoms with van der Waals surface area (Å²) >= 11 is 0. The molecule has 0 aliphatic heterocycles. The van der Waals surface area contributed by atoms with Crippen molar-refractivity contribution in [1.29, 1.82) is 5.26 Å². The molecule has 3 aromatic rings. The molecule has 276 valence electrons. The average molecular weight is 707 g/mol. The quantitative estimate of drug-likeness (QED) is 0.126. The van der Waals surface area contributed by atoms with E-state index in [9.17, 15) is 19.6 Å². The van der Waals surface area contributed by atoms with Gasteiger partial charge in [-0.15, -0.1) is 0 Å². The van der Waals surface area contributed by atoms with Crippen LogP contribution >= 0.6 is 0 Å². The van der Waals surface area contributed by atoms with Crippen LogP contribution in [0.2, 0.25) is 0 Å². The second kappa shape index (κ2) is 14.1. The Balaban J connectivity index is 2.08. The number of pyridine rings is 1. The summed E-state index contributed by atoms with van der Waals surface area (Å²) < 4.78 is 35.8. The van der Waals surface area contributed by atoms with Crippen LogP contribution in [0.1, 0.15) is 97.4 Å². The fourth-order valence-corrected chi connectivity index (χ4v) is 5.48. The normalized spacial score (nSPS) is 14.0. The van der Waals surface area contributed by atoms with Crippen LogP contribution in [0.4, 0.5) is 20.2 Å². The zero-order valence-corrected chi connectivity index (χ0v) is 32.0. The molecule has 13 heteroatoms. The van der Waals surface area contributed by atoms with Gasteiger partial charge in [0.05, 0.1) is 18.9 Å². The molecule has 1 fully saturated rings. The maximum Gasteiger partial charge on any atom is 0.514 e. The number of methoxy groups -OCH3 is 1. The van der Waals surface area contributed by atoms with E-state index in [1.165, 1.54) is 4.57 Å². The number of ether oxygens (including phenoxy) is 6. The van der Waals surface area contributed by atoms with Gasteiger partial charge in [-0.3, -0.25) is 4.57 Å². The van der Waals surface area contributed by atoms with Gasteiger partial charge in [-0.2, -0.15) is 15.1 Å². The van der Waals surface area contributed by atoms with Crippen molar-refractivity contribution in [3.63, 3.8) is 0 Å². The van der Waals surface area contributed by atoms with Gasteiger partial charge in [0, 0.05) is 29.0 Å². The third kappa shape index (κ3) is 9.10. The van der Waals surface area contributed by atoms with Crippen LogP contribution in [-0.2, 0) is 18.9 Å². The van der Waals surface area contributed by atoms with E-state index >= 15 is 0 Å². The van der Waals surface area contributed by atoms with E-state index in [0.29, 0.717) is 51.8 Å². The van der Waals surface area contributed by atoms with Gasteiger partial charge >= 0.3 is 18.3 Å². The number of aryl methyl sites for hydroxylation is 2. The van der Waals surface area contributed by atoms with Crippen LogP contribution in [-0.4, -0.2) is 65.0 Å². The van der Waals surface area contributed by atoms with E-state index in [2.05, 4.69) is 6.07 Å². The summed E-state index contributed by atoms with van der Waals surface area (Å²) in [5.41, 5.74) is -0.728. The molecule has 0 bridgehead atoms. The first kappa shape index (κ1) is 39.0. The number of benzene rings is 1. The molecule has 13 nitrogen and oxygen atoms in total. The second-order valence-electron chi connectivity index (χ2n) is 16.1. The summed E-state index contributed by atoms with van der Waals surface area (Å²) in [4.78, 5) is 46.6. The first-order chi connectivity index (χ1) is 23.5. The third-order valence-electron chi connectivity index (χ3n) is 7.85. The maximum absolute atomic E-state index is 14.1. The maximum atomic E-state index is 14.1.